The lowest BCUT2D eigenvalue weighted by molar-refractivity contribution is -0.124. The number of hydrogen-bond donors (Lipinski definition) is 1. The lowest BCUT2D eigenvalue weighted by atomic mass is 10.3. The van der Waals surface area contributed by atoms with Crippen LogP contribution >= 0.6 is 0 Å². The van der Waals surface area contributed by atoms with Crippen molar-refractivity contribution in [2.24, 2.45) is 0 Å². The summed E-state index contributed by atoms with van der Waals surface area (Å²) in [5.74, 6) is 0.405. The van der Waals surface area contributed by atoms with Crippen molar-refractivity contribution in [3.8, 4) is 5.75 Å². The van der Waals surface area contributed by atoms with E-state index in [-0.39, 0.29) is 12.3 Å². The molecular formula is C19H22N4O4. The van der Waals surface area contributed by atoms with E-state index < -0.39 is 11.9 Å². The van der Waals surface area contributed by atoms with Crippen LogP contribution < -0.4 is 15.0 Å². The van der Waals surface area contributed by atoms with Crippen LogP contribution in [0.3, 0.4) is 0 Å². The monoisotopic (exact) mass is 370 g/mol. The van der Waals surface area contributed by atoms with Crippen LogP contribution in [0.5, 0.6) is 5.75 Å². The molecule has 0 aliphatic carbocycles. The van der Waals surface area contributed by atoms with Gasteiger partial charge in [0.15, 0.2) is 18.1 Å². The van der Waals surface area contributed by atoms with Crippen molar-refractivity contribution in [3.63, 3.8) is 0 Å². The first-order valence-electron chi connectivity index (χ1n) is 8.93. The van der Waals surface area contributed by atoms with Gasteiger partial charge in [0.1, 0.15) is 12.4 Å². The molecule has 0 radical (unpaired) electrons. The van der Waals surface area contributed by atoms with Crippen LogP contribution in [0.15, 0.2) is 42.5 Å². The smallest absolute Gasteiger partial charge is 0.359 e. The third-order valence-electron chi connectivity index (χ3n) is 4.06. The van der Waals surface area contributed by atoms with E-state index in [1.807, 2.05) is 30.3 Å². The van der Waals surface area contributed by atoms with E-state index in [9.17, 15) is 9.59 Å². The number of aromatic nitrogens is 2. The van der Waals surface area contributed by atoms with E-state index in [1.165, 1.54) is 0 Å². The maximum Gasteiger partial charge on any atom is 0.359 e. The van der Waals surface area contributed by atoms with Gasteiger partial charge in [-0.05, 0) is 37.1 Å². The second-order valence-corrected chi connectivity index (χ2v) is 6.06. The molecule has 0 saturated carbocycles. The van der Waals surface area contributed by atoms with E-state index in [0.29, 0.717) is 13.2 Å². The Labute approximate surface area is 157 Å². The fraction of sp³-hybridized carbons (Fsp3) is 0.368. The van der Waals surface area contributed by atoms with Gasteiger partial charge in [-0.15, -0.1) is 10.2 Å². The maximum absolute atomic E-state index is 12.0. The number of benzene rings is 1. The summed E-state index contributed by atoms with van der Waals surface area (Å²) in [6.45, 7) is 2.17. The highest BCUT2D eigenvalue weighted by molar-refractivity contribution is 5.89. The highest BCUT2D eigenvalue weighted by Crippen LogP contribution is 2.16. The van der Waals surface area contributed by atoms with E-state index in [0.717, 1.165) is 37.5 Å². The number of carbonyl (C=O) groups excluding carboxylic acids is 2. The summed E-state index contributed by atoms with van der Waals surface area (Å²) in [7, 11) is 0. The van der Waals surface area contributed by atoms with E-state index in [4.69, 9.17) is 9.47 Å². The molecular weight excluding hydrogens is 348 g/mol. The Hall–Kier alpha value is -3.16. The molecule has 1 amide bonds. The zero-order chi connectivity index (χ0) is 18.9. The number of para-hydroxylation sites is 1. The summed E-state index contributed by atoms with van der Waals surface area (Å²) in [5.41, 5.74) is 0.0816. The Morgan fingerprint density at radius 1 is 1.04 bits per heavy atom. The van der Waals surface area contributed by atoms with Gasteiger partial charge >= 0.3 is 5.97 Å². The summed E-state index contributed by atoms with van der Waals surface area (Å²) in [6.07, 6.45) is 2.27. The van der Waals surface area contributed by atoms with Crippen LogP contribution in [0.4, 0.5) is 5.82 Å². The topological polar surface area (TPSA) is 93.7 Å². The number of amides is 1. The van der Waals surface area contributed by atoms with Gasteiger partial charge < -0.3 is 19.7 Å². The Morgan fingerprint density at radius 3 is 2.52 bits per heavy atom. The predicted octanol–water partition coefficient (Wildman–Crippen LogP) is 1.43. The van der Waals surface area contributed by atoms with Crippen molar-refractivity contribution in [1.82, 2.24) is 15.5 Å². The minimum Gasteiger partial charge on any atom is -0.492 e. The molecule has 3 rings (SSSR count). The molecule has 2 heterocycles. The van der Waals surface area contributed by atoms with Gasteiger partial charge in [0.2, 0.25) is 0 Å². The number of ether oxygens (including phenoxy) is 2. The highest BCUT2D eigenvalue weighted by Gasteiger charge is 2.16. The van der Waals surface area contributed by atoms with E-state index in [1.54, 1.807) is 12.1 Å². The molecule has 8 nitrogen and oxygen atoms in total. The average Bonchev–Trinajstić information content (AvgIpc) is 3.25. The number of rotatable bonds is 8. The average molecular weight is 370 g/mol. The molecule has 1 aliphatic rings. The Morgan fingerprint density at radius 2 is 1.81 bits per heavy atom. The van der Waals surface area contributed by atoms with Crippen LogP contribution in [0.25, 0.3) is 0 Å². The minimum absolute atomic E-state index is 0.0816. The fourth-order valence-corrected chi connectivity index (χ4v) is 2.68. The highest BCUT2D eigenvalue weighted by atomic mass is 16.5. The molecule has 0 bridgehead atoms. The molecule has 1 N–H and O–H groups in total. The third-order valence-corrected chi connectivity index (χ3v) is 4.06. The number of anilines is 1. The van der Waals surface area contributed by atoms with Gasteiger partial charge in [-0.3, -0.25) is 4.79 Å². The summed E-state index contributed by atoms with van der Waals surface area (Å²) >= 11 is 0. The van der Waals surface area contributed by atoms with Gasteiger partial charge in [0.05, 0.1) is 6.54 Å². The lowest BCUT2D eigenvalue weighted by Crippen LogP contribution is -2.32. The number of esters is 1. The molecule has 142 valence electrons. The quantitative estimate of drug-likeness (QED) is 0.555. The summed E-state index contributed by atoms with van der Waals surface area (Å²) < 4.78 is 10.4. The summed E-state index contributed by atoms with van der Waals surface area (Å²) in [6, 6.07) is 12.6. The standard InChI is InChI=1S/C19H22N4O4/c24-18(20-10-13-26-15-6-2-1-3-7-15)14-27-19(25)16-8-9-17(22-21-16)23-11-4-5-12-23/h1-3,6-9H,4-5,10-14H2,(H,20,24). The SMILES string of the molecule is O=C(COC(=O)c1ccc(N2CCCC2)nn1)NCCOc1ccccc1. The van der Waals surface area contributed by atoms with Gasteiger partial charge in [0, 0.05) is 13.1 Å². The van der Waals surface area contributed by atoms with Crippen molar-refractivity contribution in [2.75, 3.05) is 37.7 Å². The van der Waals surface area contributed by atoms with E-state index in [2.05, 4.69) is 20.4 Å². The normalized spacial score (nSPS) is 13.3. The number of nitrogens with one attached hydrogen (secondary N) is 1. The molecule has 0 atom stereocenters. The van der Waals surface area contributed by atoms with Gasteiger partial charge in [-0.1, -0.05) is 18.2 Å². The van der Waals surface area contributed by atoms with Crippen LogP contribution in [-0.2, 0) is 9.53 Å². The second-order valence-electron chi connectivity index (χ2n) is 6.06. The molecule has 8 heteroatoms. The van der Waals surface area contributed by atoms with Crippen LogP contribution in [0.1, 0.15) is 23.3 Å². The first-order chi connectivity index (χ1) is 13.2. The molecule has 1 saturated heterocycles. The molecule has 2 aromatic rings. The molecule has 0 spiro atoms. The Kier molecular flexibility index (Phi) is 6.56. The molecule has 1 aromatic heterocycles. The molecule has 0 unspecified atom stereocenters. The van der Waals surface area contributed by atoms with Crippen molar-refractivity contribution >= 4 is 17.7 Å². The number of nitrogens with zero attached hydrogens (tertiary/aromatic N) is 3. The maximum atomic E-state index is 12.0. The van der Waals surface area contributed by atoms with E-state index >= 15 is 0 Å². The third kappa shape index (κ3) is 5.67. The minimum atomic E-state index is -0.675. The number of hydrogen-bond acceptors (Lipinski definition) is 7. The Balaban J connectivity index is 1.35. The van der Waals surface area contributed by atoms with Crippen molar-refractivity contribution in [1.29, 1.82) is 0 Å². The first kappa shape index (κ1) is 18.6. The zero-order valence-electron chi connectivity index (χ0n) is 15.0. The molecule has 27 heavy (non-hydrogen) atoms. The predicted molar refractivity (Wildman–Crippen MR) is 98.7 cm³/mol. The summed E-state index contributed by atoms with van der Waals surface area (Å²) in [5, 5.41) is 10.6. The lowest BCUT2D eigenvalue weighted by Gasteiger charge is -2.15. The van der Waals surface area contributed by atoms with Gasteiger partial charge in [-0.2, -0.15) is 0 Å². The van der Waals surface area contributed by atoms with Crippen LogP contribution in [0.2, 0.25) is 0 Å². The van der Waals surface area contributed by atoms with Crippen molar-refractivity contribution < 1.29 is 19.1 Å². The molecule has 1 aliphatic heterocycles. The van der Waals surface area contributed by atoms with Gasteiger partial charge in [0.25, 0.3) is 5.91 Å². The summed E-state index contributed by atoms with van der Waals surface area (Å²) in [4.78, 5) is 25.8. The van der Waals surface area contributed by atoms with Crippen molar-refractivity contribution in [3.05, 3.63) is 48.2 Å². The van der Waals surface area contributed by atoms with Crippen molar-refractivity contribution in [2.45, 2.75) is 12.8 Å². The Bertz CT molecular complexity index is 746. The largest absolute Gasteiger partial charge is 0.492 e. The molecule has 1 aromatic carbocycles. The number of carbonyl (C=O) groups is 2. The molecule has 1 fully saturated rings. The van der Waals surface area contributed by atoms with Gasteiger partial charge in [-0.25, -0.2) is 4.79 Å². The first-order valence-corrected chi connectivity index (χ1v) is 8.93. The van der Waals surface area contributed by atoms with Crippen LogP contribution in [-0.4, -0.2) is 54.9 Å². The van der Waals surface area contributed by atoms with Crippen LogP contribution in [0, 0.1) is 0 Å². The fourth-order valence-electron chi connectivity index (χ4n) is 2.68. The zero-order valence-corrected chi connectivity index (χ0v) is 15.0. The second kappa shape index (κ2) is 9.51.